The predicted octanol–water partition coefficient (Wildman–Crippen LogP) is 2.55. The normalized spacial score (nSPS) is 10.7. The van der Waals surface area contributed by atoms with Crippen molar-refractivity contribution in [1.29, 1.82) is 0 Å². The topological polar surface area (TPSA) is 61.4 Å². The summed E-state index contributed by atoms with van der Waals surface area (Å²) in [7, 11) is 1.88. The number of carbonyl (C=O) groups excluding carboxylic acids is 2. The van der Waals surface area contributed by atoms with E-state index in [1.54, 1.807) is 11.3 Å². The van der Waals surface area contributed by atoms with Crippen molar-refractivity contribution in [3.05, 3.63) is 51.7 Å². The maximum Gasteiger partial charge on any atom is 0.243 e. The van der Waals surface area contributed by atoms with E-state index in [0.29, 0.717) is 0 Å². The van der Waals surface area contributed by atoms with Gasteiger partial charge in [-0.1, -0.05) is 24.3 Å². The highest BCUT2D eigenvalue weighted by Gasteiger charge is 2.11. The van der Waals surface area contributed by atoms with Crippen LogP contribution in [0.1, 0.15) is 16.0 Å². The molecule has 0 radical (unpaired) electrons. The number of nitrogens with zero attached hydrogens (tertiary/aromatic N) is 1. The largest absolute Gasteiger partial charge is 0.346 e. The van der Waals surface area contributed by atoms with E-state index >= 15 is 0 Å². The Hall–Kier alpha value is -2.18. The Kier molecular flexibility index (Phi) is 6.52. The second-order valence-corrected chi connectivity index (χ2v) is 6.88. The van der Waals surface area contributed by atoms with Crippen molar-refractivity contribution in [1.82, 2.24) is 10.2 Å². The molecule has 0 aliphatic heterocycles. The van der Waals surface area contributed by atoms with Crippen molar-refractivity contribution >= 4 is 28.8 Å². The molecule has 2 aromatic rings. The maximum absolute atomic E-state index is 12.0. The van der Waals surface area contributed by atoms with Gasteiger partial charge in [0.25, 0.3) is 0 Å². The van der Waals surface area contributed by atoms with Crippen LogP contribution in [0.5, 0.6) is 0 Å². The standard InChI is InChI=1S/C18H23N3O2S/c1-13-6-4-7-14(2)18(13)20-16(22)10-19-17(23)12-21(3)11-15-8-5-9-24-15/h4-9H,10-12H2,1-3H3,(H,19,23)(H,20,22). The Bertz CT molecular complexity index is 678. The van der Waals surface area contributed by atoms with Crippen LogP contribution in [0.2, 0.25) is 0 Å². The summed E-state index contributed by atoms with van der Waals surface area (Å²) in [6, 6.07) is 9.87. The number of rotatable bonds is 7. The molecule has 1 heterocycles. The lowest BCUT2D eigenvalue weighted by molar-refractivity contribution is -0.124. The first-order valence-electron chi connectivity index (χ1n) is 7.79. The molecule has 2 N–H and O–H groups in total. The molecule has 2 rings (SSSR count). The van der Waals surface area contributed by atoms with Gasteiger partial charge in [0.2, 0.25) is 11.8 Å². The molecule has 128 valence electrons. The van der Waals surface area contributed by atoms with Crippen LogP contribution in [-0.4, -0.2) is 36.9 Å². The van der Waals surface area contributed by atoms with E-state index in [1.165, 1.54) is 4.88 Å². The lowest BCUT2D eigenvalue weighted by Crippen LogP contribution is -2.39. The van der Waals surface area contributed by atoms with Gasteiger partial charge < -0.3 is 10.6 Å². The fraction of sp³-hybridized carbons (Fsp3) is 0.333. The van der Waals surface area contributed by atoms with Crippen LogP contribution in [0.25, 0.3) is 0 Å². The molecule has 24 heavy (non-hydrogen) atoms. The van der Waals surface area contributed by atoms with Crippen LogP contribution < -0.4 is 10.6 Å². The molecular weight excluding hydrogens is 322 g/mol. The van der Waals surface area contributed by atoms with Gasteiger partial charge in [0.15, 0.2) is 0 Å². The molecule has 0 bridgehead atoms. The van der Waals surface area contributed by atoms with E-state index < -0.39 is 0 Å². The minimum absolute atomic E-state index is 0.0283. The summed E-state index contributed by atoms with van der Waals surface area (Å²) in [4.78, 5) is 27.1. The van der Waals surface area contributed by atoms with E-state index in [9.17, 15) is 9.59 Å². The molecule has 6 heteroatoms. The molecule has 1 aromatic heterocycles. The summed E-state index contributed by atoms with van der Waals surface area (Å²) in [5.41, 5.74) is 2.82. The van der Waals surface area contributed by atoms with Gasteiger partial charge in [0.1, 0.15) is 0 Å². The Balaban J connectivity index is 1.76. The number of aryl methyl sites for hydroxylation is 2. The van der Waals surface area contributed by atoms with E-state index in [2.05, 4.69) is 10.6 Å². The third kappa shape index (κ3) is 5.47. The third-order valence-corrected chi connectivity index (χ3v) is 4.47. The second-order valence-electron chi connectivity index (χ2n) is 5.84. The van der Waals surface area contributed by atoms with Gasteiger partial charge in [-0.3, -0.25) is 14.5 Å². The smallest absolute Gasteiger partial charge is 0.243 e. The number of nitrogens with one attached hydrogen (secondary N) is 2. The van der Waals surface area contributed by atoms with E-state index in [1.807, 2.05) is 61.5 Å². The Labute approximate surface area is 146 Å². The Morgan fingerprint density at radius 1 is 1.08 bits per heavy atom. The first-order chi connectivity index (χ1) is 11.5. The second kappa shape index (κ2) is 8.61. The molecule has 0 atom stereocenters. The molecule has 5 nitrogen and oxygen atoms in total. The molecule has 0 aliphatic rings. The van der Waals surface area contributed by atoms with Gasteiger partial charge in [-0.2, -0.15) is 0 Å². The van der Waals surface area contributed by atoms with Gasteiger partial charge in [0.05, 0.1) is 13.1 Å². The number of para-hydroxylation sites is 1. The number of carbonyl (C=O) groups is 2. The molecule has 0 spiro atoms. The number of hydrogen-bond acceptors (Lipinski definition) is 4. The first kappa shape index (κ1) is 18.2. The highest BCUT2D eigenvalue weighted by atomic mass is 32.1. The number of anilines is 1. The zero-order valence-electron chi connectivity index (χ0n) is 14.3. The van der Waals surface area contributed by atoms with Crippen molar-refractivity contribution in [2.45, 2.75) is 20.4 Å². The van der Waals surface area contributed by atoms with Gasteiger partial charge >= 0.3 is 0 Å². The molecule has 1 aromatic carbocycles. The summed E-state index contributed by atoms with van der Waals surface area (Å²) in [6.07, 6.45) is 0. The van der Waals surface area contributed by atoms with E-state index in [4.69, 9.17) is 0 Å². The van der Waals surface area contributed by atoms with Crippen LogP contribution in [0.4, 0.5) is 5.69 Å². The summed E-state index contributed by atoms with van der Waals surface area (Å²) >= 11 is 1.66. The average molecular weight is 345 g/mol. The number of benzene rings is 1. The van der Waals surface area contributed by atoms with Crippen molar-refractivity contribution in [3.8, 4) is 0 Å². The van der Waals surface area contributed by atoms with Gasteiger partial charge in [-0.05, 0) is 43.5 Å². The van der Waals surface area contributed by atoms with Crippen molar-refractivity contribution in [2.75, 3.05) is 25.5 Å². The third-order valence-electron chi connectivity index (χ3n) is 3.61. The monoisotopic (exact) mass is 345 g/mol. The lowest BCUT2D eigenvalue weighted by Gasteiger charge is -2.15. The highest BCUT2D eigenvalue weighted by Crippen LogP contribution is 2.18. The van der Waals surface area contributed by atoms with Crippen molar-refractivity contribution in [2.24, 2.45) is 0 Å². The molecule has 2 amide bonds. The lowest BCUT2D eigenvalue weighted by atomic mass is 10.1. The SMILES string of the molecule is Cc1cccc(C)c1NC(=O)CNC(=O)CN(C)Cc1cccs1. The Morgan fingerprint density at radius 3 is 2.42 bits per heavy atom. The van der Waals surface area contributed by atoms with Gasteiger partial charge in [0, 0.05) is 17.1 Å². The van der Waals surface area contributed by atoms with Crippen molar-refractivity contribution in [3.63, 3.8) is 0 Å². The number of amides is 2. The summed E-state index contributed by atoms with van der Waals surface area (Å²) < 4.78 is 0. The van der Waals surface area contributed by atoms with Crippen LogP contribution in [0.3, 0.4) is 0 Å². The van der Waals surface area contributed by atoms with E-state index in [0.717, 1.165) is 23.4 Å². The highest BCUT2D eigenvalue weighted by molar-refractivity contribution is 7.09. The quantitative estimate of drug-likeness (QED) is 0.811. The summed E-state index contributed by atoms with van der Waals surface area (Å²) in [5.74, 6) is -0.382. The first-order valence-corrected chi connectivity index (χ1v) is 8.67. The minimum atomic E-state index is -0.221. The fourth-order valence-electron chi connectivity index (χ4n) is 2.40. The fourth-order valence-corrected chi connectivity index (χ4v) is 3.18. The molecule has 0 fully saturated rings. The minimum Gasteiger partial charge on any atom is -0.346 e. The number of likely N-dealkylation sites (N-methyl/N-ethyl adjacent to an activating group) is 1. The zero-order valence-corrected chi connectivity index (χ0v) is 15.1. The molecule has 0 unspecified atom stereocenters. The zero-order chi connectivity index (χ0) is 17.5. The molecular formula is C18H23N3O2S. The van der Waals surface area contributed by atoms with Gasteiger partial charge in [-0.15, -0.1) is 11.3 Å². The number of hydrogen-bond donors (Lipinski definition) is 2. The average Bonchev–Trinajstić information content (AvgIpc) is 3.02. The van der Waals surface area contributed by atoms with Gasteiger partial charge in [-0.25, -0.2) is 0 Å². The molecule has 0 aliphatic carbocycles. The van der Waals surface area contributed by atoms with Crippen molar-refractivity contribution < 1.29 is 9.59 Å². The molecule has 0 saturated heterocycles. The van der Waals surface area contributed by atoms with Crippen LogP contribution in [0.15, 0.2) is 35.7 Å². The maximum atomic E-state index is 12.0. The van der Waals surface area contributed by atoms with Crippen LogP contribution >= 0.6 is 11.3 Å². The molecule has 0 saturated carbocycles. The Morgan fingerprint density at radius 2 is 1.79 bits per heavy atom. The summed E-state index contributed by atoms with van der Waals surface area (Å²) in [5, 5.41) is 7.54. The predicted molar refractivity (Wildman–Crippen MR) is 98.2 cm³/mol. The summed E-state index contributed by atoms with van der Waals surface area (Å²) in [6.45, 7) is 4.84. The van der Waals surface area contributed by atoms with Crippen LogP contribution in [0, 0.1) is 13.8 Å². The number of thiophene rings is 1. The van der Waals surface area contributed by atoms with E-state index in [-0.39, 0.29) is 24.9 Å². The van der Waals surface area contributed by atoms with Crippen LogP contribution in [-0.2, 0) is 16.1 Å².